The van der Waals surface area contributed by atoms with Crippen molar-refractivity contribution in [3.05, 3.63) is 16.2 Å². The van der Waals surface area contributed by atoms with E-state index in [1.165, 1.54) is 26.2 Å². The molecule has 1 saturated carbocycles. The highest BCUT2D eigenvalue weighted by molar-refractivity contribution is 8.00. The van der Waals surface area contributed by atoms with Crippen LogP contribution >= 0.6 is 11.8 Å². The van der Waals surface area contributed by atoms with Gasteiger partial charge in [-0.15, -0.1) is 11.8 Å². The molecule has 0 saturated heterocycles. The van der Waals surface area contributed by atoms with E-state index in [9.17, 15) is 14.9 Å². The second kappa shape index (κ2) is 9.03. The van der Waals surface area contributed by atoms with Crippen LogP contribution in [0.1, 0.15) is 45.4 Å². The topological polar surface area (TPSA) is 120 Å². The molecule has 2 aromatic rings. The average molecular weight is 394 g/mol. The smallest absolute Gasteiger partial charge is 0.323 e. The summed E-state index contributed by atoms with van der Waals surface area (Å²) in [5, 5.41) is 22.8. The van der Waals surface area contributed by atoms with E-state index in [4.69, 9.17) is 9.37 Å². The summed E-state index contributed by atoms with van der Waals surface area (Å²) in [5.41, 5.74) is 0.821. The largest absolute Gasteiger partial charge is 0.466 e. The van der Waals surface area contributed by atoms with Gasteiger partial charge in [-0.2, -0.15) is 0 Å². The number of hydrogen-bond acceptors (Lipinski definition) is 9. The number of nitro benzene ring substituents is 1. The van der Waals surface area contributed by atoms with Gasteiger partial charge in [0.05, 0.1) is 11.5 Å². The van der Waals surface area contributed by atoms with Gasteiger partial charge in [-0.25, -0.2) is 4.63 Å². The van der Waals surface area contributed by atoms with E-state index in [1.807, 2.05) is 0 Å². The molecule has 1 N–H and O–H groups in total. The number of hydrogen-bond donors (Lipinski definition) is 1. The predicted molar refractivity (Wildman–Crippen MR) is 101 cm³/mol. The summed E-state index contributed by atoms with van der Waals surface area (Å²) in [7, 11) is 0. The van der Waals surface area contributed by atoms with Crippen LogP contribution in [0.3, 0.4) is 0 Å². The summed E-state index contributed by atoms with van der Waals surface area (Å²) < 4.78 is 9.69. The highest BCUT2D eigenvalue weighted by atomic mass is 32.2. The lowest BCUT2D eigenvalue weighted by molar-refractivity contribution is -0.382. The highest BCUT2D eigenvalue weighted by Crippen LogP contribution is 2.42. The number of carbonyl (C=O) groups is 1. The Kier molecular flexibility index (Phi) is 6.49. The normalized spacial score (nSPS) is 15.0. The van der Waals surface area contributed by atoms with Crippen molar-refractivity contribution in [2.24, 2.45) is 0 Å². The minimum absolute atomic E-state index is 0.147. The number of fused-ring (bicyclic) bond motifs is 1. The van der Waals surface area contributed by atoms with Gasteiger partial charge in [0.15, 0.2) is 5.52 Å². The molecule has 1 fully saturated rings. The number of benzene rings is 1. The van der Waals surface area contributed by atoms with Crippen molar-refractivity contribution >= 4 is 40.1 Å². The fourth-order valence-corrected chi connectivity index (χ4v) is 4.54. The first-order valence-corrected chi connectivity index (χ1v) is 9.91. The minimum Gasteiger partial charge on any atom is -0.466 e. The van der Waals surface area contributed by atoms with Crippen molar-refractivity contribution in [1.29, 1.82) is 0 Å². The number of aromatic nitrogens is 2. The summed E-state index contributed by atoms with van der Waals surface area (Å²) >= 11 is 1.69. The zero-order valence-electron chi connectivity index (χ0n) is 15.1. The van der Waals surface area contributed by atoms with E-state index in [2.05, 4.69) is 15.6 Å². The minimum atomic E-state index is -0.476. The molecule has 146 valence electrons. The van der Waals surface area contributed by atoms with E-state index in [-0.39, 0.29) is 23.8 Å². The summed E-state index contributed by atoms with van der Waals surface area (Å²) in [6, 6.07) is 1.76. The first kappa shape index (κ1) is 19.4. The molecule has 0 bridgehead atoms. The van der Waals surface area contributed by atoms with Crippen LogP contribution in [0.2, 0.25) is 0 Å². The molecule has 1 aromatic heterocycles. The fourth-order valence-electron chi connectivity index (χ4n) is 3.18. The van der Waals surface area contributed by atoms with Crippen molar-refractivity contribution < 1.29 is 19.1 Å². The van der Waals surface area contributed by atoms with Gasteiger partial charge in [0.25, 0.3) is 0 Å². The van der Waals surface area contributed by atoms with Crippen LogP contribution in [-0.4, -0.2) is 39.6 Å². The third-order valence-corrected chi connectivity index (χ3v) is 5.82. The molecule has 0 aliphatic heterocycles. The molecule has 27 heavy (non-hydrogen) atoms. The van der Waals surface area contributed by atoms with Gasteiger partial charge >= 0.3 is 11.7 Å². The van der Waals surface area contributed by atoms with Gasteiger partial charge in [-0.3, -0.25) is 14.9 Å². The molecule has 1 aromatic carbocycles. The Balaban J connectivity index is 1.82. The molecule has 3 rings (SSSR count). The predicted octanol–water partition coefficient (Wildman–Crippen LogP) is 3.92. The van der Waals surface area contributed by atoms with Crippen LogP contribution in [-0.2, 0) is 9.53 Å². The molecule has 0 amide bonds. The molecule has 0 atom stereocenters. The average Bonchev–Trinajstić information content (AvgIpc) is 3.11. The molecule has 10 heteroatoms. The number of thioether (sulfide) groups is 1. The zero-order valence-corrected chi connectivity index (χ0v) is 15.9. The Morgan fingerprint density at radius 1 is 1.37 bits per heavy atom. The second-order valence-electron chi connectivity index (χ2n) is 6.49. The summed E-state index contributed by atoms with van der Waals surface area (Å²) in [6.45, 7) is 2.03. The number of rotatable bonds is 8. The SMILES string of the molecule is CC(=O)OCCCNc1cc(SC2CCCCC2)c2nonc2c1[N+](=O)[O-]. The number of anilines is 1. The lowest BCUT2D eigenvalue weighted by Crippen LogP contribution is -2.10. The van der Waals surface area contributed by atoms with Gasteiger partial charge in [0, 0.05) is 23.6 Å². The van der Waals surface area contributed by atoms with Crippen LogP contribution in [0, 0.1) is 10.1 Å². The molecule has 1 aliphatic carbocycles. The quantitative estimate of drug-likeness (QED) is 0.307. The van der Waals surface area contributed by atoms with E-state index in [0.29, 0.717) is 29.4 Å². The van der Waals surface area contributed by atoms with Crippen LogP contribution in [0.15, 0.2) is 15.6 Å². The Morgan fingerprint density at radius 2 is 2.11 bits per heavy atom. The Labute approximate surface area is 160 Å². The van der Waals surface area contributed by atoms with E-state index >= 15 is 0 Å². The fraction of sp³-hybridized carbons (Fsp3) is 0.588. The van der Waals surface area contributed by atoms with Gasteiger partial charge in [0.2, 0.25) is 5.52 Å². The van der Waals surface area contributed by atoms with E-state index in [1.54, 1.807) is 17.8 Å². The molecule has 1 heterocycles. The molecule has 1 aliphatic rings. The second-order valence-corrected chi connectivity index (χ2v) is 7.83. The van der Waals surface area contributed by atoms with Crippen LogP contribution < -0.4 is 5.32 Å². The summed E-state index contributed by atoms with van der Waals surface area (Å²) in [6.07, 6.45) is 6.45. The standard InChI is InChI=1S/C17H22N4O5S/c1-11(22)25-9-5-8-18-13-10-14(27-12-6-3-2-4-7-12)15-16(20-26-19-15)17(13)21(23)24/h10,12,18H,2-9H2,1H3. The van der Waals surface area contributed by atoms with Crippen molar-refractivity contribution in [3.8, 4) is 0 Å². The maximum atomic E-state index is 11.6. The summed E-state index contributed by atoms with van der Waals surface area (Å²) in [4.78, 5) is 22.8. The van der Waals surface area contributed by atoms with Gasteiger partial charge < -0.3 is 10.1 Å². The van der Waals surface area contributed by atoms with Crippen molar-refractivity contribution in [1.82, 2.24) is 10.3 Å². The number of carbonyl (C=O) groups excluding carboxylic acids is 1. The van der Waals surface area contributed by atoms with Crippen LogP contribution in [0.5, 0.6) is 0 Å². The monoisotopic (exact) mass is 394 g/mol. The molecule has 0 radical (unpaired) electrons. The van der Waals surface area contributed by atoms with Gasteiger partial charge in [0.1, 0.15) is 5.69 Å². The summed E-state index contributed by atoms with van der Waals surface area (Å²) in [5.74, 6) is -0.345. The van der Waals surface area contributed by atoms with Gasteiger partial charge in [-0.1, -0.05) is 19.3 Å². The Morgan fingerprint density at radius 3 is 2.81 bits per heavy atom. The Bertz CT molecular complexity index is 819. The molecular formula is C17H22N4O5S. The first-order valence-electron chi connectivity index (χ1n) is 9.04. The van der Waals surface area contributed by atoms with Gasteiger partial charge in [-0.05, 0) is 35.6 Å². The molecule has 0 unspecified atom stereocenters. The van der Waals surface area contributed by atoms with Crippen molar-refractivity contribution in [2.45, 2.75) is 55.6 Å². The zero-order chi connectivity index (χ0) is 19.2. The third kappa shape index (κ3) is 4.88. The Hall–Kier alpha value is -2.36. The number of nitrogens with zero attached hydrogens (tertiary/aromatic N) is 3. The number of nitro groups is 1. The lowest BCUT2D eigenvalue weighted by Gasteiger charge is -2.21. The maximum Gasteiger partial charge on any atom is 0.323 e. The first-order chi connectivity index (χ1) is 13.1. The molecule has 0 spiro atoms. The van der Waals surface area contributed by atoms with Crippen molar-refractivity contribution in [3.63, 3.8) is 0 Å². The van der Waals surface area contributed by atoms with Crippen molar-refractivity contribution in [2.75, 3.05) is 18.5 Å². The van der Waals surface area contributed by atoms with Crippen LogP contribution in [0.25, 0.3) is 11.0 Å². The number of nitrogens with one attached hydrogen (secondary N) is 1. The maximum absolute atomic E-state index is 11.6. The molecular weight excluding hydrogens is 372 g/mol. The lowest BCUT2D eigenvalue weighted by atomic mass is 10.0. The van der Waals surface area contributed by atoms with E-state index < -0.39 is 4.92 Å². The third-order valence-electron chi connectivity index (χ3n) is 4.45. The highest BCUT2D eigenvalue weighted by Gasteiger charge is 2.27. The number of ether oxygens (including phenoxy) is 1. The van der Waals surface area contributed by atoms with E-state index in [0.717, 1.165) is 17.7 Å². The van der Waals surface area contributed by atoms with Crippen LogP contribution in [0.4, 0.5) is 11.4 Å². The molecule has 9 nitrogen and oxygen atoms in total. The number of esters is 1.